The molecule has 0 aliphatic carbocycles. The van der Waals surface area contributed by atoms with Gasteiger partial charge in [-0.05, 0) is 35.7 Å². The molecule has 6 nitrogen and oxygen atoms in total. The molecule has 1 saturated heterocycles. The number of aryl methyl sites for hydroxylation is 1. The summed E-state index contributed by atoms with van der Waals surface area (Å²) in [7, 11) is 0. The monoisotopic (exact) mass is 489 g/mol. The molecule has 10 heteroatoms. The van der Waals surface area contributed by atoms with E-state index in [0.29, 0.717) is 37.9 Å². The van der Waals surface area contributed by atoms with Crippen molar-refractivity contribution in [3.63, 3.8) is 0 Å². The maximum atomic E-state index is 12.8. The summed E-state index contributed by atoms with van der Waals surface area (Å²) in [6.45, 7) is 5.19. The van der Waals surface area contributed by atoms with E-state index in [-0.39, 0.29) is 11.7 Å². The largest absolute Gasteiger partial charge is 0.416 e. The maximum Gasteiger partial charge on any atom is 0.416 e. The smallest absolute Gasteiger partial charge is 0.339 e. The highest BCUT2D eigenvalue weighted by molar-refractivity contribution is 7.99. The SMILES string of the molecule is CCc1ccccc1-n1cnnc1SCC(=O)N1CCN(Cc2ccc(C(F)(F)F)cc2)CC1. The Bertz CT molecular complexity index is 1110. The molecule has 2 aromatic carbocycles. The molecule has 0 radical (unpaired) electrons. The lowest BCUT2D eigenvalue weighted by Crippen LogP contribution is -2.48. The maximum absolute atomic E-state index is 12.8. The molecule has 180 valence electrons. The summed E-state index contributed by atoms with van der Waals surface area (Å²) < 4.78 is 40.1. The number of hydrogen-bond acceptors (Lipinski definition) is 5. The Hall–Kier alpha value is -2.85. The first kappa shape index (κ1) is 24.3. The lowest BCUT2D eigenvalue weighted by atomic mass is 10.1. The molecule has 1 fully saturated rings. The molecule has 1 aliphatic heterocycles. The number of thioether (sulfide) groups is 1. The summed E-state index contributed by atoms with van der Waals surface area (Å²) in [5.41, 5.74) is 2.38. The molecule has 1 aromatic heterocycles. The molecule has 1 aliphatic rings. The molecule has 34 heavy (non-hydrogen) atoms. The van der Waals surface area contributed by atoms with Gasteiger partial charge in [0.1, 0.15) is 6.33 Å². The highest BCUT2D eigenvalue weighted by atomic mass is 32.2. The predicted octanol–water partition coefficient (Wildman–Crippen LogP) is 4.29. The molecule has 0 bridgehead atoms. The van der Waals surface area contributed by atoms with Crippen LogP contribution in [0.2, 0.25) is 0 Å². The number of para-hydroxylation sites is 1. The van der Waals surface area contributed by atoms with E-state index < -0.39 is 11.7 Å². The van der Waals surface area contributed by atoms with Crippen LogP contribution in [0.15, 0.2) is 60.0 Å². The minimum atomic E-state index is -4.32. The van der Waals surface area contributed by atoms with Crippen LogP contribution in [0.25, 0.3) is 5.69 Å². The van der Waals surface area contributed by atoms with Crippen molar-refractivity contribution >= 4 is 17.7 Å². The predicted molar refractivity (Wildman–Crippen MR) is 125 cm³/mol. The van der Waals surface area contributed by atoms with Crippen LogP contribution in [-0.2, 0) is 23.9 Å². The number of piperazine rings is 1. The first-order chi connectivity index (χ1) is 16.3. The second-order valence-corrected chi connectivity index (χ2v) is 9.05. The average molecular weight is 490 g/mol. The van der Waals surface area contributed by atoms with Crippen LogP contribution in [0.3, 0.4) is 0 Å². The van der Waals surface area contributed by atoms with Gasteiger partial charge in [-0.25, -0.2) is 0 Å². The lowest BCUT2D eigenvalue weighted by molar-refractivity contribution is -0.137. The van der Waals surface area contributed by atoms with Gasteiger partial charge in [0.15, 0.2) is 5.16 Å². The van der Waals surface area contributed by atoms with Gasteiger partial charge in [0, 0.05) is 32.7 Å². The molecule has 0 unspecified atom stereocenters. The summed E-state index contributed by atoms with van der Waals surface area (Å²) in [6.07, 6.45) is -1.77. The van der Waals surface area contributed by atoms with Gasteiger partial charge >= 0.3 is 6.18 Å². The number of aromatic nitrogens is 3. The Kier molecular flexibility index (Phi) is 7.57. The highest BCUT2D eigenvalue weighted by Crippen LogP contribution is 2.29. The van der Waals surface area contributed by atoms with Gasteiger partial charge in [-0.15, -0.1) is 10.2 Å². The number of carbonyl (C=O) groups excluding carboxylic acids is 1. The van der Waals surface area contributed by atoms with E-state index in [1.807, 2.05) is 27.7 Å². The second-order valence-electron chi connectivity index (χ2n) is 8.11. The number of hydrogen-bond donors (Lipinski definition) is 0. The van der Waals surface area contributed by atoms with Crippen molar-refractivity contribution in [1.82, 2.24) is 24.6 Å². The van der Waals surface area contributed by atoms with Crippen molar-refractivity contribution in [2.24, 2.45) is 0 Å². The fourth-order valence-electron chi connectivity index (χ4n) is 3.96. The zero-order chi connectivity index (χ0) is 24.1. The Morgan fingerprint density at radius 3 is 2.41 bits per heavy atom. The third-order valence-corrected chi connectivity index (χ3v) is 6.81. The Balaban J connectivity index is 1.28. The van der Waals surface area contributed by atoms with Gasteiger partial charge in [0.2, 0.25) is 5.91 Å². The number of halogens is 3. The summed E-state index contributed by atoms with van der Waals surface area (Å²) >= 11 is 1.37. The van der Waals surface area contributed by atoms with Crippen LogP contribution < -0.4 is 0 Å². The minimum absolute atomic E-state index is 0.0394. The zero-order valence-corrected chi connectivity index (χ0v) is 19.6. The van der Waals surface area contributed by atoms with E-state index in [1.165, 1.54) is 29.5 Å². The fraction of sp³-hybridized carbons (Fsp3) is 0.375. The fourth-order valence-corrected chi connectivity index (χ4v) is 4.79. The lowest BCUT2D eigenvalue weighted by Gasteiger charge is -2.34. The molecule has 3 aromatic rings. The molecule has 0 N–H and O–H groups in total. The van der Waals surface area contributed by atoms with Gasteiger partial charge < -0.3 is 4.90 Å². The molecular weight excluding hydrogens is 463 g/mol. The number of amides is 1. The quantitative estimate of drug-likeness (QED) is 0.464. The zero-order valence-electron chi connectivity index (χ0n) is 18.8. The van der Waals surface area contributed by atoms with Crippen LogP contribution in [0.5, 0.6) is 0 Å². The highest BCUT2D eigenvalue weighted by Gasteiger charge is 2.30. The van der Waals surface area contributed by atoms with Gasteiger partial charge in [-0.3, -0.25) is 14.3 Å². The summed E-state index contributed by atoms with van der Waals surface area (Å²) in [5, 5.41) is 8.90. The third-order valence-electron chi connectivity index (χ3n) is 5.89. The van der Waals surface area contributed by atoms with Crippen molar-refractivity contribution in [1.29, 1.82) is 0 Å². The van der Waals surface area contributed by atoms with E-state index in [9.17, 15) is 18.0 Å². The van der Waals surface area contributed by atoms with Crippen LogP contribution in [0.4, 0.5) is 13.2 Å². The second kappa shape index (κ2) is 10.6. The Morgan fingerprint density at radius 2 is 1.74 bits per heavy atom. The van der Waals surface area contributed by atoms with Crippen molar-refractivity contribution in [2.75, 3.05) is 31.9 Å². The van der Waals surface area contributed by atoms with E-state index in [2.05, 4.69) is 28.1 Å². The topological polar surface area (TPSA) is 54.3 Å². The van der Waals surface area contributed by atoms with Gasteiger partial charge in [0.25, 0.3) is 0 Å². The van der Waals surface area contributed by atoms with Gasteiger partial charge in [0.05, 0.1) is 17.0 Å². The van der Waals surface area contributed by atoms with Crippen LogP contribution in [-0.4, -0.2) is 62.4 Å². The molecule has 0 spiro atoms. The van der Waals surface area contributed by atoms with E-state index in [1.54, 1.807) is 6.33 Å². The van der Waals surface area contributed by atoms with E-state index >= 15 is 0 Å². The first-order valence-corrected chi connectivity index (χ1v) is 12.1. The van der Waals surface area contributed by atoms with E-state index in [0.717, 1.165) is 29.8 Å². The third kappa shape index (κ3) is 5.79. The minimum Gasteiger partial charge on any atom is -0.339 e. The molecular formula is C24H26F3N5OS. The number of rotatable bonds is 7. The van der Waals surface area contributed by atoms with Gasteiger partial charge in [-0.1, -0.05) is 49.0 Å². The summed E-state index contributed by atoms with van der Waals surface area (Å²) in [5.74, 6) is 0.309. The summed E-state index contributed by atoms with van der Waals surface area (Å²) in [4.78, 5) is 16.8. The molecule has 1 amide bonds. The van der Waals surface area contributed by atoms with Crippen molar-refractivity contribution in [3.05, 3.63) is 71.5 Å². The van der Waals surface area contributed by atoms with Crippen LogP contribution in [0.1, 0.15) is 23.6 Å². The number of benzene rings is 2. The summed E-state index contributed by atoms with van der Waals surface area (Å²) in [6, 6.07) is 13.3. The Labute approximate surface area is 200 Å². The van der Waals surface area contributed by atoms with Crippen molar-refractivity contribution in [3.8, 4) is 5.69 Å². The van der Waals surface area contributed by atoms with Gasteiger partial charge in [-0.2, -0.15) is 13.2 Å². The Morgan fingerprint density at radius 1 is 1.03 bits per heavy atom. The van der Waals surface area contributed by atoms with Crippen LogP contribution in [0, 0.1) is 0 Å². The molecule has 0 atom stereocenters. The number of carbonyl (C=O) groups is 1. The molecule has 4 rings (SSSR count). The molecule has 0 saturated carbocycles. The molecule has 2 heterocycles. The number of alkyl halides is 3. The number of nitrogens with zero attached hydrogens (tertiary/aromatic N) is 5. The van der Waals surface area contributed by atoms with Crippen molar-refractivity contribution in [2.45, 2.75) is 31.2 Å². The normalized spacial score (nSPS) is 15.0. The van der Waals surface area contributed by atoms with Crippen LogP contribution >= 0.6 is 11.8 Å². The average Bonchev–Trinajstić information content (AvgIpc) is 3.31. The standard InChI is InChI=1S/C24H26F3N5OS/c1-2-19-5-3-4-6-21(19)32-17-28-29-23(32)34-16-22(33)31-13-11-30(12-14-31)15-18-7-9-20(10-8-18)24(25,26)27/h3-10,17H,2,11-16H2,1H3. The van der Waals surface area contributed by atoms with E-state index in [4.69, 9.17) is 0 Å². The van der Waals surface area contributed by atoms with Crippen molar-refractivity contribution < 1.29 is 18.0 Å². The first-order valence-electron chi connectivity index (χ1n) is 11.1.